The zero-order chi connectivity index (χ0) is 40.7. The monoisotopic (exact) mass is 814 g/mol. The van der Waals surface area contributed by atoms with Gasteiger partial charge in [0.15, 0.2) is 9.84 Å². The van der Waals surface area contributed by atoms with E-state index in [4.69, 9.17) is 11.6 Å². The van der Waals surface area contributed by atoms with Crippen molar-refractivity contribution in [3.8, 4) is 0 Å². The van der Waals surface area contributed by atoms with Crippen LogP contribution >= 0.6 is 11.6 Å². The molecule has 0 radical (unpaired) electrons. The summed E-state index contributed by atoms with van der Waals surface area (Å²) in [6.45, 7) is 13.3. The van der Waals surface area contributed by atoms with Crippen LogP contribution in [0.15, 0.2) is 138 Å². The molecule has 1 unspecified atom stereocenters. The number of aryl methyl sites for hydroxylation is 1. The average Bonchev–Trinajstić information content (AvgIpc) is 3.84. The van der Waals surface area contributed by atoms with Gasteiger partial charge in [0.25, 0.3) is 0 Å². The molecule has 0 spiro atoms. The highest BCUT2D eigenvalue weighted by Crippen LogP contribution is 2.31. The first-order chi connectivity index (χ1) is 27.9. The molecule has 6 aromatic rings. The Kier molecular flexibility index (Phi) is 13.6. The highest BCUT2D eigenvalue weighted by molar-refractivity contribution is 7.91. The van der Waals surface area contributed by atoms with Gasteiger partial charge in [-0.05, 0) is 114 Å². The van der Waals surface area contributed by atoms with Gasteiger partial charge in [0.2, 0.25) is 0 Å². The fourth-order valence-electron chi connectivity index (χ4n) is 8.48. The summed E-state index contributed by atoms with van der Waals surface area (Å²) in [6, 6.07) is 44.2. The molecule has 0 aliphatic carbocycles. The largest absolute Gasteiger partial charge is 0.361 e. The minimum atomic E-state index is -3.25. The summed E-state index contributed by atoms with van der Waals surface area (Å²) in [4.78, 5) is 11.4. The minimum Gasteiger partial charge on any atom is -0.361 e. The van der Waals surface area contributed by atoms with Crippen LogP contribution in [-0.4, -0.2) is 79.7 Å². The van der Waals surface area contributed by atoms with Gasteiger partial charge in [-0.3, -0.25) is 9.80 Å². The highest BCUT2D eigenvalue weighted by atomic mass is 35.5. The molecule has 2 saturated heterocycles. The second-order valence-corrected chi connectivity index (χ2v) is 19.7. The number of benzene rings is 5. The lowest BCUT2D eigenvalue weighted by molar-refractivity contribution is 0.105. The standard InChI is InChI=1S/C28H33ClN2.C22H26N2O2S/c1-28(2,3)25-13-9-22(10-14-25)21-30-17-19-31(20-18-30)27(23-7-5-4-6-8-23)24-11-15-26(29)16-12-24;1-24-12-5-6-19(24)15-18-16-23-22-10-9-17(14-21(18)22)11-13-27(25,26)20-7-3-2-4-8-20/h4-16,27H,17-21H2,1-3H3;2-4,7-10,14,16,19,23H,5-6,11-13,15H2,1H3/t;19-/m.1/s1. The van der Waals surface area contributed by atoms with Crippen LogP contribution in [0.3, 0.4) is 0 Å². The van der Waals surface area contributed by atoms with E-state index in [2.05, 4.69) is 133 Å². The van der Waals surface area contributed by atoms with Crippen molar-refractivity contribution in [2.24, 2.45) is 0 Å². The molecule has 2 fully saturated rings. The van der Waals surface area contributed by atoms with Gasteiger partial charge in [-0.1, -0.05) is 123 Å². The second-order valence-electron chi connectivity index (χ2n) is 17.2. The number of sulfone groups is 1. The van der Waals surface area contributed by atoms with Crippen LogP contribution in [0.25, 0.3) is 10.9 Å². The number of hydrogen-bond acceptors (Lipinski definition) is 5. The SMILES string of the molecule is CC(C)(C)c1ccc(CN2CCN(C(c3ccccc3)c3ccc(Cl)cc3)CC2)cc1.CN1CCC[C@@H]1Cc1c[nH]c2ccc(CCS(=O)(=O)c3ccccc3)cc12. The quantitative estimate of drug-likeness (QED) is 0.141. The van der Waals surface area contributed by atoms with Crippen molar-refractivity contribution < 1.29 is 8.42 Å². The highest BCUT2D eigenvalue weighted by Gasteiger charge is 2.27. The van der Waals surface area contributed by atoms with Crippen LogP contribution in [0.5, 0.6) is 0 Å². The third kappa shape index (κ3) is 10.7. The molecule has 0 bridgehead atoms. The van der Waals surface area contributed by atoms with Gasteiger partial charge in [-0.25, -0.2) is 8.42 Å². The van der Waals surface area contributed by atoms with E-state index in [1.54, 1.807) is 24.3 Å². The lowest BCUT2D eigenvalue weighted by atomic mass is 9.87. The van der Waals surface area contributed by atoms with E-state index in [9.17, 15) is 8.42 Å². The summed E-state index contributed by atoms with van der Waals surface area (Å²) in [5.41, 5.74) is 9.18. The van der Waals surface area contributed by atoms with Gasteiger partial charge >= 0.3 is 0 Å². The molecule has 6 nitrogen and oxygen atoms in total. The normalized spacial score (nSPS) is 17.6. The summed E-state index contributed by atoms with van der Waals surface area (Å²) in [5.74, 6) is 0.133. The molecular formula is C50H59ClN4O2S. The van der Waals surface area contributed by atoms with E-state index in [0.29, 0.717) is 17.4 Å². The second kappa shape index (κ2) is 18.8. The number of aromatic amines is 1. The predicted molar refractivity (Wildman–Crippen MR) is 242 cm³/mol. The Morgan fingerprint density at radius 1 is 0.759 bits per heavy atom. The van der Waals surface area contributed by atoms with Crippen molar-refractivity contribution in [1.29, 1.82) is 0 Å². The molecule has 304 valence electrons. The average molecular weight is 816 g/mol. The third-order valence-electron chi connectivity index (χ3n) is 12.0. The summed E-state index contributed by atoms with van der Waals surface area (Å²) in [7, 11) is -1.05. The maximum Gasteiger partial charge on any atom is 0.178 e. The van der Waals surface area contributed by atoms with E-state index in [1.807, 2.05) is 24.3 Å². The van der Waals surface area contributed by atoms with E-state index >= 15 is 0 Å². The first kappa shape index (κ1) is 41.9. The van der Waals surface area contributed by atoms with E-state index in [0.717, 1.165) is 55.2 Å². The van der Waals surface area contributed by atoms with Crippen LogP contribution < -0.4 is 0 Å². The number of nitrogens with zero attached hydrogens (tertiary/aromatic N) is 3. The number of piperazine rings is 1. The summed E-state index contributed by atoms with van der Waals surface area (Å²) in [6.07, 6.45) is 6.20. The fraction of sp³-hybridized carbons (Fsp3) is 0.360. The first-order valence-corrected chi connectivity index (χ1v) is 22.9. The molecule has 1 aromatic heterocycles. The summed E-state index contributed by atoms with van der Waals surface area (Å²) < 4.78 is 25.1. The van der Waals surface area contributed by atoms with Crippen LogP contribution in [0.2, 0.25) is 5.02 Å². The Labute approximate surface area is 351 Å². The van der Waals surface area contributed by atoms with Gasteiger partial charge in [0.1, 0.15) is 0 Å². The molecule has 58 heavy (non-hydrogen) atoms. The van der Waals surface area contributed by atoms with E-state index in [-0.39, 0.29) is 17.2 Å². The maximum absolute atomic E-state index is 12.5. The molecule has 2 atom stereocenters. The topological polar surface area (TPSA) is 59.6 Å². The minimum absolute atomic E-state index is 0.133. The number of fused-ring (bicyclic) bond motifs is 1. The van der Waals surface area contributed by atoms with Gasteiger partial charge in [-0.15, -0.1) is 0 Å². The predicted octanol–water partition coefficient (Wildman–Crippen LogP) is 10.4. The number of H-pyrrole nitrogens is 1. The van der Waals surface area contributed by atoms with Crippen LogP contribution in [0.1, 0.15) is 73.0 Å². The molecule has 8 rings (SSSR count). The summed E-state index contributed by atoms with van der Waals surface area (Å²) in [5, 5.41) is 2.02. The molecule has 2 aliphatic heterocycles. The lowest BCUT2D eigenvalue weighted by Crippen LogP contribution is -2.47. The third-order valence-corrected chi connectivity index (χ3v) is 14.0. The molecule has 0 saturated carbocycles. The van der Waals surface area contributed by atoms with Crippen LogP contribution in [-0.2, 0) is 34.6 Å². The number of likely N-dealkylation sites (tertiary alicyclic amines) is 1. The van der Waals surface area contributed by atoms with Crippen molar-refractivity contribution in [1.82, 2.24) is 19.7 Å². The van der Waals surface area contributed by atoms with E-state index < -0.39 is 9.84 Å². The number of nitrogens with one attached hydrogen (secondary N) is 1. The van der Waals surface area contributed by atoms with Crippen molar-refractivity contribution in [2.45, 2.75) is 75.4 Å². The van der Waals surface area contributed by atoms with Crippen molar-refractivity contribution in [3.05, 3.63) is 172 Å². The van der Waals surface area contributed by atoms with Gasteiger partial charge < -0.3 is 9.88 Å². The molecule has 0 amide bonds. The number of hydrogen-bond donors (Lipinski definition) is 1. The Morgan fingerprint density at radius 3 is 2.03 bits per heavy atom. The molecule has 2 aliphatic rings. The molecular weight excluding hydrogens is 756 g/mol. The maximum atomic E-state index is 12.5. The van der Waals surface area contributed by atoms with Crippen LogP contribution in [0.4, 0.5) is 0 Å². The van der Waals surface area contributed by atoms with Gasteiger partial charge in [-0.2, -0.15) is 0 Å². The van der Waals surface area contributed by atoms with Crippen molar-refractivity contribution in [2.75, 3.05) is 45.5 Å². The zero-order valence-corrected chi connectivity index (χ0v) is 36.2. The number of rotatable bonds is 11. The summed E-state index contributed by atoms with van der Waals surface area (Å²) >= 11 is 6.16. The number of aromatic nitrogens is 1. The molecule has 3 heterocycles. The lowest BCUT2D eigenvalue weighted by Gasteiger charge is -2.40. The number of halogens is 1. The molecule has 8 heteroatoms. The van der Waals surface area contributed by atoms with Crippen molar-refractivity contribution in [3.63, 3.8) is 0 Å². The van der Waals surface area contributed by atoms with Gasteiger partial charge in [0.05, 0.1) is 16.7 Å². The smallest absolute Gasteiger partial charge is 0.178 e. The van der Waals surface area contributed by atoms with Crippen LogP contribution in [0, 0.1) is 0 Å². The fourth-order valence-corrected chi connectivity index (χ4v) is 9.92. The Hall–Kier alpha value is -4.24. The van der Waals surface area contributed by atoms with Crippen molar-refractivity contribution >= 4 is 32.3 Å². The van der Waals surface area contributed by atoms with Gasteiger partial charge in [0, 0.05) is 60.9 Å². The first-order valence-electron chi connectivity index (χ1n) is 20.9. The Bertz CT molecular complexity index is 2310. The number of likely N-dealkylation sites (N-methyl/N-ethyl adjacent to an activating group) is 1. The van der Waals surface area contributed by atoms with E-state index in [1.165, 1.54) is 52.6 Å². The Balaban J connectivity index is 0.000000178. The zero-order valence-electron chi connectivity index (χ0n) is 34.6. The Morgan fingerprint density at radius 2 is 1.40 bits per heavy atom. The molecule has 5 aromatic carbocycles. The molecule has 1 N–H and O–H groups in total.